The fourth-order valence-electron chi connectivity index (χ4n) is 2.95. The summed E-state index contributed by atoms with van der Waals surface area (Å²) >= 11 is 0. The summed E-state index contributed by atoms with van der Waals surface area (Å²) in [6.45, 7) is 6.04. The van der Waals surface area contributed by atoms with Crippen molar-refractivity contribution in [1.29, 1.82) is 0 Å². The molecule has 1 saturated carbocycles. The van der Waals surface area contributed by atoms with Crippen LogP contribution in [0.5, 0.6) is 11.5 Å². The molecule has 1 fully saturated rings. The second-order valence-electron chi connectivity index (χ2n) is 6.10. The molecule has 2 aliphatic rings. The number of nitrogens with zero attached hydrogens (tertiary/aromatic N) is 1. The zero-order valence-corrected chi connectivity index (χ0v) is 13.9. The first kappa shape index (κ1) is 16.1. The maximum Gasteiger partial charge on any atom is 0.249 e. The van der Waals surface area contributed by atoms with Crippen LogP contribution < -0.4 is 9.47 Å². The maximum atomic E-state index is 12.5. The van der Waals surface area contributed by atoms with Gasteiger partial charge in [0.1, 0.15) is 6.61 Å². The van der Waals surface area contributed by atoms with Crippen LogP contribution in [-0.2, 0) is 9.53 Å². The fourth-order valence-corrected chi connectivity index (χ4v) is 2.95. The zero-order valence-electron chi connectivity index (χ0n) is 13.9. The summed E-state index contributed by atoms with van der Waals surface area (Å²) in [6, 6.07) is 6.34. The summed E-state index contributed by atoms with van der Waals surface area (Å²) in [5.41, 5.74) is 1.07. The highest BCUT2D eigenvalue weighted by Crippen LogP contribution is 2.38. The first-order chi connectivity index (χ1) is 11.2. The maximum absolute atomic E-state index is 12.5. The highest BCUT2D eigenvalue weighted by molar-refractivity contribution is 5.78. The molecule has 23 heavy (non-hydrogen) atoms. The van der Waals surface area contributed by atoms with Crippen molar-refractivity contribution < 1.29 is 19.0 Å². The molecule has 1 heterocycles. The van der Waals surface area contributed by atoms with Crippen molar-refractivity contribution in [3.8, 4) is 11.5 Å². The van der Waals surface area contributed by atoms with Crippen LogP contribution in [-0.4, -0.2) is 43.3 Å². The topological polar surface area (TPSA) is 48.0 Å². The molecule has 1 unspecified atom stereocenters. The lowest BCUT2D eigenvalue weighted by molar-refractivity contribution is -0.138. The van der Waals surface area contributed by atoms with Crippen LogP contribution >= 0.6 is 0 Å². The predicted octanol–water partition coefficient (Wildman–Crippen LogP) is 2.94. The number of carbonyl (C=O) groups excluding carboxylic acids is 1. The van der Waals surface area contributed by atoms with Crippen molar-refractivity contribution in [3.05, 3.63) is 23.8 Å². The van der Waals surface area contributed by atoms with Crippen LogP contribution in [0.15, 0.2) is 18.2 Å². The van der Waals surface area contributed by atoms with Gasteiger partial charge in [-0.2, -0.15) is 0 Å². The van der Waals surface area contributed by atoms with Crippen molar-refractivity contribution in [1.82, 2.24) is 4.90 Å². The Kier molecular flexibility index (Phi) is 5.06. The fraction of sp³-hybridized carbons (Fsp3) is 0.611. The van der Waals surface area contributed by atoms with Crippen LogP contribution in [0.2, 0.25) is 0 Å². The molecule has 5 nitrogen and oxygen atoms in total. The number of amides is 1. The first-order valence-electron chi connectivity index (χ1n) is 8.49. The number of hydrogen-bond acceptors (Lipinski definition) is 4. The van der Waals surface area contributed by atoms with Crippen LogP contribution in [0.4, 0.5) is 0 Å². The van der Waals surface area contributed by atoms with Gasteiger partial charge in [0, 0.05) is 19.1 Å². The van der Waals surface area contributed by atoms with E-state index in [0.29, 0.717) is 25.9 Å². The second kappa shape index (κ2) is 7.21. The quantitative estimate of drug-likeness (QED) is 0.809. The Bertz CT molecular complexity index is 556. The van der Waals surface area contributed by atoms with Gasteiger partial charge in [-0.25, -0.2) is 0 Å². The molecule has 0 bridgehead atoms. The van der Waals surface area contributed by atoms with Gasteiger partial charge in [0.15, 0.2) is 11.5 Å². The van der Waals surface area contributed by atoms with Crippen LogP contribution in [0, 0.1) is 0 Å². The van der Waals surface area contributed by atoms with Crippen molar-refractivity contribution in [2.75, 3.05) is 26.4 Å². The van der Waals surface area contributed by atoms with E-state index < -0.39 is 0 Å². The number of benzene rings is 1. The Hall–Kier alpha value is -1.75. The summed E-state index contributed by atoms with van der Waals surface area (Å²) < 4.78 is 16.8. The number of rotatable bonds is 6. The molecule has 0 saturated heterocycles. The van der Waals surface area contributed by atoms with E-state index in [2.05, 4.69) is 6.92 Å². The summed E-state index contributed by atoms with van der Waals surface area (Å²) in [6.07, 6.45) is 3.04. The predicted molar refractivity (Wildman–Crippen MR) is 86.8 cm³/mol. The molecule has 1 aliphatic carbocycles. The Morgan fingerprint density at radius 1 is 1.30 bits per heavy atom. The van der Waals surface area contributed by atoms with Crippen molar-refractivity contribution in [3.63, 3.8) is 0 Å². The van der Waals surface area contributed by atoms with Gasteiger partial charge < -0.3 is 19.1 Å². The summed E-state index contributed by atoms with van der Waals surface area (Å²) in [5, 5.41) is 0. The van der Waals surface area contributed by atoms with Crippen molar-refractivity contribution >= 4 is 5.91 Å². The van der Waals surface area contributed by atoms with Crippen LogP contribution in [0.1, 0.15) is 44.7 Å². The van der Waals surface area contributed by atoms with E-state index in [-0.39, 0.29) is 18.6 Å². The number of ether oxygens (including phenoxy) is 3. The standard InChI is InChI=1S/C18H25NO4/c1-3-21-12-18(20)19(15-6-7-15)13(2)14-5-8-16-17(11-14)23-10-4-9-22-16/h5,8,11,13,15H,3-4,6-7,9-10,12H2,1-2H3. The molecule has 1 aliphatic heterocycles. The molecular formula is C18H25NO4. The third-order valence-corrected chi connectivity index (χ3v) is 4.33. The lowest BCUT2D eigenvalue weighted by Gasteiger charge is -2.30. The Morgan fingerprint density at radius 3 is 2.74 bits per heavy atom. The average molecular weight is 319 g/mol. The van der Waals surface area contributed by atoms with Crippen molar-refractivity contribution in [2.24, 2.45) is 0 Å². The van der Waals surface area contributed by atoms with E-state index in [0.717, 1.165) is 36.3 Å². The molecule has 126 valence electrons. The molecule has 1 amide bonds. The highest BCUT2D eigenvalue weighted by Gasteiger charge is 2.36. The van der Waals surface area contributed by atoms with E-state index in [1.807, 2.05) is 30.0 Å². The third-order valence-electron chi connectivity index (χ3n) is 4.33. The van der Waals surface area contributed by atoms with Gasteiger partial charge >= 0.3 is 0 Å². The molecule has 0 radical (unpaired) electrons. The highest BCUT2D eigenvalue weighted by atomic mass is 16.5. The number of carbonyl (C=O) groups is 1. The molecule has 1 atom stereocenters. The summed E-state index contributed by atoms with van der Waals surface area (Å²) in [4.78, 5) is 14.5. The smallest absolute Gasteiger partial charge is 0.249 e. The van der Waals surface area contributed by atoms with Gasteiger partial charge in [-0.1, -0.05) is 6.07 Å². The van der Waals surface area contributed by atoms with Crippen LogP contribution in [0.3, 0.4) is 0 Å². The summed E-state index contributed by atoms with van der Waals surface area (Å²) in [7, 11) is 0. The van der Waals surface area contributed by atoms with Gasteiger partial charge in [0.2, 0.25) is 5.91 Å². The molecular weight excluding hydrogens is 294 g/mol. The molecule has 0 spiro atoms. The van der Waals surface area contributed by atoms with Crippen molar-refractivity contribution in [2.45, 2.75) is 45.2 Å². The number of hydrogen-bond donors (Lipinski definition) is 0. The molecule has 0 N–H and O–H groups in total. The Balaban J connectivity index is 1.78. The van der Waals surface area contributed by atoms with E-state index in [4.69, 9.17) is 14.2 Å². The second-order valence-corrected chi connectivity index (χ2v) is 6.10. The zero-order chi connectivity index (χ0) is 16.2. The SMILES string of the molecule is CCOCC(=O)N(C1CC1)C(C)c1ccc2c(c1)OCCCO2. The van der Waals surface area contributed by atoms with Crippen LogP contribution in [0.25, 0.3) is 0 Å². The van der Waals surface area contributed by atoms with Gasteiger partial charge in [-0.15, -0.1) is 0 Å². The first-order valence-corrected chi connectivity index (χ1v) is 8.49. The lowest BCUT2D eigenvalue weighted by atomic mass is 10.1. The molecule has 1 aromatic rings. The normalized spacial score (nSPS) is 18.2. The molecule has 5 heteroatoms. The van der Waals surface area contributed by atoms with E-state index in [1.165, 1.54) is 0 Å². The largest absolute Gasteiger partial charge is 0.490 e. The minimum absolute atomic E-state index is 0.00705. The summed E-state index contributed by atoms with van der Waals surface area (Å²) in [5.74, 6) is 1.63. The van der Waals surface area contributed by atoms with Gasteiger partial charge in [-0.3, -0.25) is 4.79 Å². The molecule has 1 aromatic carbocycles. The minimum Gasteiger partial charge on any atom is -0.490 e. The van der Waals surface area contributed by atoms with Gasteiger partial charge in [0.25, 0.3) is 0 Å². The van der Waals surface area contributed by atoms with E-state index in [9.17, 15) is 4.79 Å². The minimum atomic E-state index is 0.00705. The molecule has 0 aromatic heterocycles. The average Bonchev–Trinajstić information content (AvgIpc) is 3.39. The molecule has 3 rings (SSSR count). The Labute approximate surface area is 137 Å². The van der Waals surface area contributed by atoms with Gasteiger partial charge in [0.05, 0.1) is 19.3 Å². The van der Waals surface area contributed by atoms with E-state index >= 15 is 0 Å². The number of fused-ring (bicyclic) bond motifs is 1. The monoisotopic (exact) mass is 319 g/mol. The van der Waals surface area contributed by atoms with Gasteiger partial charge in [-0.05, 0) is 44.4 Å². The Morgan fingerprint density at radius 2 is 2.04 bits per heavy atom. The van der Waals surface area contributed by atoms with E-state index in [1.54, 1.807) is 0 Å². The lowest BCUT2D eigenvalue weighted by Crippen LogP contribution is -2.38. The third kappa shape index (κ3) is 3.78.